The smallest absolute Gasteiger partial charge is 0.156 e. The van der Waals surface area contributed by atoms with Gasteiger partial charge in [-0.3, -0.25) is 0 Å². The van der Waals surface area contributed by atoms with Crippen molar-refractivity contribution in [3.63, 3.8) is 0 Å². The summed E-state index contributed by atoms with van der Waals surface area (Å²) in [6.45, 7) is 2.90. The zero-order valence-electron chi connectivity index (χ0n) is 9.58. The molecule has 1 aromatic heterocycles. The van der Waals surface area contributed by atoms with E-state index in [4.69, 9.17) is 27.9 Å². The monoisotopic (exact) mass is 270 g/mol. The van der Waals surface area contributed by atoms with Crippen LogP contribution in [0.1, 0.15) is 6.92 Å². The summed E-state index contributed by atoms with van der Waals surface area (Å²) in [4.78, 5) is 4.30. The van der Waals surface area contributed by atoms with Gasteiger partial charge >= 0.3 is 0 Å². The number of hydrogen-bond donors (Lipinski definition) is 0. The molecule has 0 saturated heterocycles. The van der Waals surface area contributed by atoms with E-state index >= 15 is 0 Å². The number of hydrogen-bond acceptors (Lipinski definition) is 2. The van der Waals surface area contributed by atoms with Crippen LogP contribution in [0.4, 0.5) is 0 Å². The van der Waals surface area contributed by atoms with Crippen LogP contribution in [0.25, 0.3) is 11.4 Å². The van der Waals surface area contributed by atoms with E-state index in [1.165, 1.54) is 0 Å². The Morgan fingerprint density at radius 3 is 2.47 bits per heavy atom. The van der Waals surface area contributed by atoms with Gasteiger partial charge in [0.15, 0.2) is 5.75 Å². The first kappa shape index (κ1) is 12.3. The second-order valence-corrected chi connectivity index (χ2v) is 4.32. The van der Waals surface area contributed by atoms with Crippen LogP contribution in [0.15, 0.2) is 24.5 Å². The molecule has 0 aliphatic heterocycles. The number of benzene rings is 1. The third-order valence-corrected chi connectivity index (χ3v) is 3.08. The van der Waals surface area contributed by atoms with Gasteiger partial charge in [0.25, 0.3) is 0 Å². The first-order valence-electron chi connectivity index (χ1n) is 5.22. The molecule has 3 nitrogen and oxygen atoms in total. The fourth-order valence-corrected chi connectivity index (χ4v) is 2.35. The molecule has 0 N–H and O–H groups in total. The van der Waals surface area contributed by atoms with E-state index in [0.29, 0.717) is 15.8 Å². The van der Waals surface area contributed by atoms with Gasteiger partial charge in [0, 0.05) is 24.5 Å². The number of halogens is 2. The molecule has 2 aromatic rings. The number of ether oxygens (including phenoxy) is 1. The van der Waals surface area contributed by atoms with Gasteiger partial charge in [-0.25, -0.2) is 4.98 Å². The molecular weight excluding hydrogens is 259 g/mol. The molecule has 2 rings (SSSR count). The Morgan fingerprint density at radius 2 is 1.94 bits per heavy atom. The number of methoxy groups -OCH3 is 1. The highest BCUT2D eigenvalue weighted by atomic mass is 35.5. The summed E-state index contributed by atoms with van der Waals surface area (Å²) in [6.07, 6.45) is 3.67. The average molecular weight is 271 g/mol. The van der Waals surface area contributed by atoms with E-state index in [1.807, 2.05) is 10.8 Å². The minimum Gasteiger partial charge on any atom is -0.494 e. The summed E-state index contributed by atoms with van der Waals surface area (Å²) in [5.41, 5.74) is 0.882. The summed E-state index contributed by atoms with van der Waals surface area (Å²) in [5, 5.41) is 0.973. The number of aromatic nitrogens is 2. The van der Waals surface area contributed by atoms with Gasteiger partial charge in [0.2, 0.25) is 0 Å². The molecule has 1 heterocycles. The van der Waals surface area contributed by atoms with Crippen LogP contribution in [0.2, 0.25) is 10.0 Å². The highest BCUT2D eigenvalue weighted by Gasteiger charge is 2.12. The lowest BCUT2D eigenvalue weighted by atomic mass is 10.2. The van der Waals surface area contributed by atoms with Crippen molar-refractivity contribution in [2.75, 3.05) is 7.11 Å². The topological polar surface area (TPSA) is 27.1 Å². The van der Waals surface area contributed by atoms with Crippen molar-refractivity contribution >= 4 is 23.2 Å². The summed E-state index contributed by atoms with van der Waals surface area (Å²) in [6, 6.07) is 3.61. The van der Waals surface area contributed by atoms with Crippen molar-refractivity contribution in [3.05, 3.63) is 34.6 Å². The first-order chi connectivity index (χ1) is 8.17. The molecule has 1 aromatic carbocycles. The van der Waals surface area contributed by atoms with Crippen molar-refractivity contribution in [1.29, 1.82) is 0 Å². The van der Waals surface area contributed by atoms with Gasteiger partial charge < -0.3 is 9.30 Å². The Balaban J connectivity index is 2.54. The highest BCUT2D eigenvalue weighted by molar-refractivity contribution is 6.37. The van der Waals surface area contributed by atoms with Crippen molar-refractivity contribution in [2.24, 2.45) is 0 Å². The van der Waals surface area contributed by atoms with Gasteiger partial charge in [0.05, 0.1) is 17.2 Å². The van der Waals surface area contributed by atoms with Gasteiger partial charge in [0.1, 0.15) is 5.82 Å². The molecule has 90 valence electrons. The largest absolute Gasteiger partial charge is 0.494 e. The Kier molecular flexibility index (Phi) is 3.60. The number of rotatable bonds is 3. The minimum absolute atomic E-state index is 0.487. The van der Waals surface area contributed by atoms with E-state index in [0.717, 1.165) is 17.9 Å². The second kappa shape index (κ2) is 4.98. The van der Waals surface area contributed by atoms with E-state index in [9.17, 15) is 0 Å². The fourth-order valence-electron chi connectivity index (χ4n) is 1.71. The fraction of sp³-hybridized carbons (Fsp3) is 0.250. The third-order valence-electron chi connectivity index (χ3n) is 2.52. The van der Waals surface area contributed by atoms with Crippen LogP contribution in [-0.2, 0) is 6.54 Å². The Morgan fingerprint density at radius 1 is 1.29 bits per heavy atom. The lowest BCUT2D eigenvalue weighted by molar-refractivity contribution is 0.415. The number of nitrogens with zero attached hydrogens (tertiary/aromatic N) is 2. The summed E-state index contributed by atoms with van der Waals surface area (Å²) in [7, 11) is 1.54. The normalized spacial score (nSPS) is 10.6. The van der Waals surface area contributed by atoms with E-state index in [1.54, 1.807) is 25.4 Å². The Hall–Kier alpha value is -1.19. The molecule has 0 unspecified atom stereocenters. The zero-order valence-corrected chi connectivity index (χ0v) is 11.1. The van der Waals surface area contributed by atoms with Gasteiger partial charge in [-0.05, 0) is 19.1 Å². The molecule has 0 saturated carbocycles. The molecule has 0 atom stereocenters. The molecule has 17 heavy (non-hydrogen) atoms. The van der Waals surface area contributed by atoms with Crippen molar-refractivity contribution in [3.8, 4) is 17.1 Å². The standard InChI is InChI=1S/C12H12Cl2N2O/c1-3-16-5-4-15-12(16)8-6-9(13)11(17-2)10(14)7-8/h4-7H,3H2,1-2H3. The molecule has 0 fully saturated rings. The number of aryl methyl sites for hydroxylation is 1. The Bertz CT molecular complexity index is 514. The maximum absolute atomic E-state index is 6.10. The molecule has 0 radical (unpaired) electrons. The molecule has 0 bridgehead atoms. The summed E-state index contributed by atoms with van der Waals surface area (Å²) >= 11 is 12.2. The lowest BCUT2D eigenvalue weighted by Crippen LogP contribution is -1.96. The van der Waals surface area contributed by atoms with Gasteiger partial charge in [-0.15, -0.1) is 0 Å². The van der Waals surface area contributed by atoms with Crippen LogP contribution in [0.3, 0.4) is 0 Å². The van der Waals surface area contributed by atoms with Crippen molar-refractivity contribution < 1.29 is 4.74 Å². The van der Waals surface area contributed by atoms with Crippen LogP contribution in [0.5, 0.6) is 5.75 Å². The second-order valence-electron chi connectivity index (χ2n) is 3.51. The van der Waals surface area contributed by atoms with Crippen LogP contribution in [-0.4, -0.2) is 16.7 Å². The molecule has 0 spiro atoms. The summed E-state index contributed by atoms with van der Waals surface area (Å²) in [5.74, 6) is 1.34. The molecular formula is C12H12Cl2N2O. The van der Waals surface area contributed by atoms with Crippen LogP contribution >= 0.6 is 23.2 Å². The molecule has 0 amide bonds. The number of imidazole rings is 1. The lowest BCUT2D eigenvalue weighted by Gasteiger charge is -2.09. The van der Waals surface area contributed by atoms with Crippen molar-refractivity contribution in [2.45, 2.75) is 13.5 Å². The quantitative estimate of drug-likeness (QED) is 0.846. The molecule has 5 heteroatoms. The Labute approximate surface area is 110 Å². The molecule has 0 aliphatic carbocycles. The maximum Gasteiger partial charge on any atom is 0.156 e. The van der Waals surface area contributed by atoms with Gasteiger partial charge in [-0.2, -0.15) is 0 Å². The highest BCUT2D eigenvalue weighted by Crippen LogP contribution is 2.36. The average Bonchev–Trinajstić information content (AvgIpc) is 2.76. The SMILES string of the molecule is CCn1ccnc1-c1cc(Cl)c(OC)c(Cl)c1. The maximum atomic E-state index is 6.10. The van der Waals surface area contributed by atoms with Crippen LogP contribution in [0, 0.1) is 0 Å². The predicted molar refractivity (Wildman–Crippen MR) is 69.9 cm³/mol. The summed E-state index contributed by atoms with van der Waals surface area (Å²) < 4.78 is 7.14. The van der Waals surface area contributed by atoms with E-state index in [2.05, 4.69) is 11.9 Å². The minimum atomic E-state index is 0.487. The predicted octanol–water partition coefficient (Wildman–Crippen LogP) is 3.89. The zero-order chi connectivity index (χ0) is 12.4. The molecule has 0 aliphatic rings. The van der Waals surface area contributed by atoms with Crippen LogP contribution < -0.4 is 4.74 Å². The first-order valence-corrected chi connectivity index (χ1v) is 5.97. The third kappa shape index (κ3) is 2.26. The van der Waals surface area contributed by atoms with Crippen molar-refractivity contribution in [1.82, 2.24) is 9.55 Å². The van der Waals surface area contributed by atoms with Gasteiger partial charge in [-0.1, -0.05) is 23.2 Å². The van der Waals surface area contributed by atoms with E-state index in [-0.39, 0.29) is 0 Å². The van der Waals surface area contributed by atoms with E-state index < -0.39 is 0 Å².